The van der Waals surface area contributed by atoms with Crippen molar-refractivity contribution in [3.63, 3.8) is 0 Å². The molecule has 10 nitrogen and oxygen atoms in total. The minimum atomic E-state index is -1.06. The minimum Gasteiger partial charge on any atom is -0.497 e. The number of carboxylic acids is 1. The molecule has 264 valence electrons. The Kier molecular flexibility index (Phi) is 8.58. The molecule has 51 heavy (non-hydrogen) atoms. The standard InChI is InChI=1S/C39H39Cl2N5O5/c1-19-14-26(15-20(2)34(19)41)51-13-9-10-27-28-11-12-29(40)33(32-21(3)42-44(7)22(32)4)36(28)46-23(5)45(38(47)37(27)46)30-18-25(50-8)16-24-17-31(39(48)49)43(6)35(24)30/h11-12,14-18,23H,9-10,13H2,1-8H3,(H,48,49)/t23-/m1/s1. The number of aromatic carboxylic acids is 1. The van der Waals surface area contributed by atoms with Crippen LogP contribution in [-0.2, 0) is 20.5 Å². The highest BCUT2D eigenvalue weighted by atomic mass is 35.5. The summed E-state index contributed by atoms with van der Waals surface area (Å²) in [4.78, 5) is 28.9. The molecular formula is C39H39Cl2N5O5. The van der Waals surface area contributed by atoms with Crippen LogP contribution in [0.1, 0.15) is 68.6 Å². The van der Waals surface area contributed by atoms with Crippen molar-refractivity contribution in [1.29, 1.82) is 0 Å². The molecule has 0 bridgehead atoms. The summed E-state index contributed by atoms with van der Waals surface area (Å²) >= 11 is 13.5. The third kappa shape index (κ3) is 5.34. The summed E-state index contributed by atoms with van der Waals surface area (Å²) < 4.78 is 17.4. The van der Waals surface area contributed by atoms with E-state index in [9.17, 15) is 14.7 Å². The number of methoxy groups -OCH3 is 1. The lowest BCUT2D eigenvalue weighted by Crippen LogP contribution is -2.28. The van der Waals surface area contributed by atoms with Gasteiger partial charge in [0.05, 0.1) is 41.2 Å². The molecule has 0 saturated heterocycles. The molecule has 0 saturated carbocycles. The lowest BCUT2D eigenvalue weighted by molar-refractivity contribution is 0.0687. The third-order valence-corrected chi connectivity index (χ3v) is 11.1. The lowest BCUT2D eigenvalue weighted by atomic mass is 9.98. The van der Waals surface area contributed by atoms with E-state index in [1.807, 2.05) is 70.6 Å². The van der Waals surface area contributed by atoms with E-state index in [0.717, 1.165) is 60.9 Å². The smallest absolute Gasteiger partial charge is 0.352 e. The summed E-state index contributed by atoms with van der Waals surface area (Å²) in [7, 11) is 5.16. The van der Waals surface area contributed by atoms with Crippen molar-refractivity contribution in [2.45, 2.75) is 53.6 Å². The van der Waals surface area contributed by atoms with Gasteiger partial charge in [-0.1, -0.05) is 29.3 Å². The molecule has 3 aromatic heterocycles. The molecule has 7 rings (SSSR count). The van der Waals surface area contributed by atoms with E-state index in [4.69, 9.17) is 37.8 Å². The second-order valence-corrected chi connectivity index (χ2v) is 14.1. The number of aryl methyl sites for hydroxylation is 6. The highest BCUT2D eigenvalue weighted by Gasteiger charge is 2.42. The van der Waals surface area contributed by atoms with Crippen LogP contribution < -0.4 is 14.4 Å². The van der Waals surface area contributed by atoms with E-state index in [0.29, 0.717) is 52.5 Å². The maximum Gasteiger partial charge on any atom is 0.352 e. The molecule has 12 heteroatoms. The molecule has 1 atom stereocenters. The number of nitrogens with zero attached hydrogens (tertiary/aromatic N) is 5. The normalized spacial score (nSPS) is 14.3. The highest BCUT2D eigenvalue weighted by Crippen LogP contribution is 2.48. The van der Waals surface area contributed by atoms with E-state index in [1.54, 1.807) is 41.8 Å². The number of hydrogen-bond acceptors (Lipinski definition) is 5. The van der Waals surface area contributed by atoms with Gasteiger partial charge in [0.25, 0.3) is 5.91 Å². The number of amides is 1. The number of ether oxygens (including phenoxy) is 2. The van der Waals surface area contributed by atoms with Gasteiger partial charge in [0, 0.05) is 52.8 Å². The second-order valence-electron chi connectivity index (χ2n) is 13.3. The number of carbonyl (C=O) groups excluding carboxylic acids is 1. The fourth-order valence-electron chi connectivity index (χ4n) is 7.78. The van der Waals surface area contributed by atoms with Gasteiger partial charge in [0.1, 0.15) is 29.1 Å². The van der Waals surface area contributed by atoms with Gasteiger partial charge in [-0.05, 0) is 94.5 Å². The molecule has 1 aliphatic rings. The Morgan fingerprint density at radius 1 is 0.961 bits per heavy atom. The van der Waals surface area contributed by atoms with Crippen molar-refractivity contribution < 1.29 is 24.2 Å². The monoisotopic (exact) mass is 727 g/mol. The van der Waals surface area contributed by atoms with Gasteiger partial charge in [0.2, 0.25) is 0 Å². The molecule has 0 aliphatic carbocycles. The summed E-state index contributed by atoms with van der Waals surface area (Å²) in [6, 6.07) is 13.0. The Labute approximate surface area is 305 Å². The quantitative estimate of drug-likeness (QED) is 0.149. The van der Waals surface area contributed by atoms with Gasteiger partial charge in [0.15, 0.2) is 0 Å². The van der Waals surface area contributed by atoms with Crippen molar-refractivity contribution in [3.05, 3.63) is 92.0 Å². The van der Waals surface area contributed by atoms with Gasteiger partial charge < -0.3 is 23.7 Å². The number of aromatic nitrogens is 4. The maximum absolute atomic E-state index is 15.0. The molecule has 0 spiro atoms. The SMILES string of the molecule is COc1cc(N2C(=O)c3c(CCCOc4cc(C)c(Cl)c(C)c4)c4ccc(Cl)c(-c5c(C)nn(C)c5C)c4n3[C@@H]2C)c2c(c1)cc(C(=O)O)n2C. The summed E-state index contributed by atoms with van der Waals surface area (Å²) in [5, 5.41) is 17.5. The molecule has 0 unspecified atom stereocenters. The number of fused-ring (bicyclic) bond motifs is 4. The predicted octanol–water partition coefficient (Wildman–Crippen LogP) is 8.97. The average Bonchev–Trinajstić information content (AvgIpc) is 3.76. The van der Waals surface area contributed by atoms with Crippen LogP contribution in [-0.4, -0.2) is 49.6 Å². The Hall–Kier alpha value is -4.93. The average molecular weight is 729 g/mol. The van der Waals surface area contributed by atoms with Crippen molar-refractivity contribution in [2.24, 2.45) is 14.1 Å². The van der Waals surface area contributed by atoms with Crippen LogP contribution in [0.3, 0.4) is 0 Å². The van der Waals surface area contributed by atoms with Crippen molar-refractivity contribution >= 4 is 62.6 Å². The zero-order valence-corrected chi connectivity index (χ0v) is 31.3. The number of carbonyl (C=O) groups is 2. The fourth-order valence-corrected chi connectivity index (χ4v) is 8.13. The molecule has 3 aromatic carbocycles. The molecule has 0 fully saturated rings. The van der Waals surface area contributed by atoms with Gasteiger partial charge in [-0.3, -0.25) is 14.4 Å². The Bertz CT molecular complexity index is 2420. The van der Waals surface area contributed by atoms with Crippen LogP contribution in [0.25, 0.3) is 32.9 Å². The van der Waals surface area contributed by atoms with Gasteiger partial charge in [-0.2, -0.15) is 5.10 Å². The van der Waals surface area contributed by atoms with E-state index in [-0.39, 0.29) is 11.6 Å². The van der Waals surface area contributed by atoms with Gasteiger partial charge >= 0.3 is 5.97 Å². The summed E-state index contributed by atoms with van der Waals surface area (Å²) in [5.41, 5.74) is 8.99. The van der Waals surface area contributed by atoms with Crippen LogP contribution >= 0.6 is 23.2 Å². The fraction of sp³-hybridized carbons (Fsp3) is 0.308. The molecule has 4 heterocycles. The first-order chi connectivity index (χ1) is 24.2. The predicted molar refractivity (Wildman–Crippen MR) is 201 cm³/mol. The van der Waals surface area contributed by atoms with E-state index in [2.05, 4.69) is 4.57 Å². The van der Waals surface area contributed by atoms with E-state index in [1.165, 1.54) is 0 Å². The number of hydrogen-bond donors (Lipinski definition) is 1. The molecule has 0 radical (unpaired) electrons. The largest absolute Gasteiger partial charge is 0.497 e. The Morgan fingerprint density at radius 3 is 2.29 bits per heavy atom. The summed E-state index contributed by atoms with van der Waals surface area (Å²) in [6.45, 7) is 10.3. The Balaban J connectivity index is 1.40. The zero-order chi connectivity index (χ0) is 36.6. The van der Waals surface area contributed by atoms with Gasteiger partial charge in [-0.25, -0.2) is 4.79 Å². The number of halogens is 2. The maximum atomic E-state index is 15.0. The first kappa shape index (κ1) is 34.5. The van der Waals surface area contributed by atoms with Crippen molar-refractivity contribution in [2.75, 3.05) is 18.6 Å². The molecular weight excluding hydrogens is 689 g/mol. The first-order valence-corrected chi connectivity index (χ1v) is 17.5. The zero-order valence-electron chi connectivity index (χ0n) is 29.8. The van der Waals surface area contributed by atoms with Crippen LogP contribution in [0, 0.1) is 27.7 Å². The molecule has 6 aromatic rings. The topological polar surface area (TPSA) is 104 Å². The number of anilines is 1. The highest BCUT2D eigenvalue weighted by molar-refractivity contribution is 6.35. The minimum absolute atomic E-state index is 0.104. The summed E-state index contributed by atoms with van der Waals surface area (Å²) in [5.74, 6) is -0.00414. The molecule has 1 N–H and O–H groups in total. The number of rotatable bonds is 9. The summed E-state index contributed by atoms with van der Waals surface area (Å²) in [6.07, 6.45) is 0.692. The van der Waals surface area contributed by atoms with Crippen LogP contribution in [0.5, 0.6) is 11.5 Å². The van der Waals surface area contributed by atoms with Crippen molar-refractivity contribution in [1.82, 2.24) is 18.9 Å². The number of carboxylic acid groups (broad SMARTS) is 1. The number of benzene rings is 3. The molecule has 1 aliphatic heterocycles. The van der Waals surface area contributed by atoms with Crippen LogP contribution in [0.4, 0.5) is 5.69 Å². The van der Waals surface area contributed by atoms with Crippen molar-refractivity contribution in [3.8, 4) is 22.6 Å². The second kappa shape index (κ2) is 12.7. The first-order valence-electron chi connectivity index (χ1n) is 16.7. The van der Waals surface area contributed by atoms with Crippen LogP contribution in [0.2, 0.25) is 10.0 Å². The van der Waals surface area contributed by atoms with E-state index >= 15 is 0 Å². The van der Waals surface area contributed by atoms with Crippen LogP contribution in [0.15, 0.2) is 42.5 Å². The molecule has 1 amide bonds. The van der Waals surface area contributed by atoms with Gasteiger partial charge in [-0.15, -0.1) is 0 Å². The Morgan fingerprint density at radius 2 is 1.67 bits per heavy atom. The lowest BCUT2D eigenvalue weighted by Gasteiger charge is -2.26. The van der Waals surface area contributed by atoms with E-state index < -0.39 is 12.1 Å². The third-order valence-electron chi connectivity index (χ3n) is 10.2.